The van der Waals surface area contributed by atoms with Crippen LogP contribution >= 0.6 is 0 Å². The highest BCUT2D eigenvalue weighted by molar-refractivity contribution is 6.28. The van der Waals surface area contributed by atoms with Crippen LogP contribution in [0.5, 0.6) is 0 Å². The minimum atomic E-state index is -0.712. The van der Waals surface area contributed by atoms with E-state index < -0.39 is 23.3 Å². The zero-order chi connectivity index (χ0) is 39.3. The number of benzene rings is 10. The number of rotatable bonds is 8. The van der Waals surface area contributed by atoms with Crippen molar-refractivity contribution >= 4 is 66.4 Å². The van der Waals surface area contributed by atoms with E-state index in [1.54, 1.807) is 9.80 Å². The Balaban J connectivity index is 1.20. The summed E-state index contributed by atoms with van der Waals surface area (Å²) >= 11 is 0. The van der Waals surface area contributed by atoms with Crippen LogP contribution < -0.4 is 9.80 Å². The fourth-order valence-corrected chi connectivity index (χ4v) is 8.24. The zero-order valence-corrected chi connectivity index (χ0v) is 30.9. The molecule has 6 heteroatoms. The Morgan fingerprint density at radius 1 is 0.293 bits per heavy atom. The average molecular weight is 761 g/mol. The number of hydrogen-bond acceptors (Lipinski definition) is 2. The molecule has 0 bridgehead atoms. The van der Waals surface area contributed by atoms with Gasteiger partial charge in [0, 0.05) is 22.1 Å². The van der Waals surface area contributed by atoms with Gasteiger partial charge in [0.25, 0.3) is 0 Å². The standard InChI is InChI=1S/C52H32F4N2/c53-43-29-37(33-13-5-1-6-14-33)30-44(54)51(43)57(39-17-9-3-10-18-39)47-27-23-35-22-26-42-48(28-24-36-21-25-41(47)49(35)50(36)42)58(40-19-11-4-12-20-40)52-45(55)31-38(32-46(52)56)34-15-7-2-8-16-34/h1-32H. The summed E-state index contributed by atoms with van der Waals surface area (Å²) in [6.45, 7) is 0. The highest BCUT2D eigenvalue weighted by Gasteiger charge is 2.27. The van der Waals surface area contributed by atoms with Gasteiger partial charge in [-0.15, -0.1) is 0 Å². The van der Waals surface area contributed by atoms with Crippen LogP contribution in [0.3, 0.4) is 0 Å². The van der Waals surface area contributed by atoms with Crippen molar-refractivity contribution in [1.82, 2.24) is 0 Å². The van der Waals surface area contributed by atoms with E-state index in [1.807, 2.05) is 170 Å². The van der Waals surface area contributed by atoms with E-state index in [0.29, 0.717) is 45.0 Å². The molecule has 0 unspecified atom stereocenters. The van der Waals surface area contributed by atoms with Crippen LogP contribution in [-0.4, -0.2) is 0 Å². The molecule has 0 saturated carbocycles. The molecule has 278 valence electrons. The molecule has 0 fully saturated rings. The summed E-state index contributed by atoms with van der Waals surface area (Å²) in [7, 11) is 0. The molecular weight excluding hydrogens is 729 g/mol. The number of anilines is 6. The van der Waals surface area contributed by atoms with Gasteiger partial charge in [0.05, 0.1) is 11.4 Å². The zero-order valence-electron chi connectivity index (χ0n) is 30.9. The van der Waals surface area contributed by atoms with Crippen LogP contribution in [0.25, 0.3) is 54.6 Å². The lowest BCUT2D eigenvalue weighted by Crippen LogP contribution is -2.15. The summed E-state index contributed by atoms with van der Waals surface area (Å²) in [4.78, 5) is 3.25. The van der Waals surface area contributed by atoms with E-state index in [9.17, 15) is 0 Å². The Morgan fingerprint density at radius 2 is 0.603 bits per heavy atom. The normalized spacial score (nSPS) is 11.4. The Morgan fingerprint density at radius 3 is 0.948 bits per heavy atom. The van der Waals surface area contributed by atoms with Crippen molar-refractivity contribution in [3.8, 4) is 22.3 Å². The summed E-state index contributed by atoms with van der Waals surface area (Å²) in [5, 5.41) is 5.00. The van der Waals surface area contributed by atoms with Gasteiger partial charge in [0.1, 0.15) is 11.4 Å². The largest absolute Gasteiger partial charge is 0.305 e. The molecule has 0 N–H and O–H groups in total. The molecule has 0 aliphatic rings. The maximum Gasteiger partial charge on any atom is 0.150 e. The third-order valence-electron chi connectivity index (χ3n) is 10.8. The van der Waals surface area contributed by atoms with Gasteiger partial charge in [-0.05, 0) is 104 Å². The molecule has 0 amide bonds. The van der Waals surface area contributed by atoms with Crippen molar-refractivity contribution in [1.29, 1.82) is 0 Å². The van der Waals surface area contributed by atoms with Gasteiger partial charge < -0.3 is 9.80 Å². The molecule has 10 rings (SSSR count). The molecule has 0 atom stereocenters. The maximum atomic E-state index is 16.5. The molecule has 2 nitrogen and oxygen atoms in total. The van der Waals surface area contributed by atoms with E-state index in [0.717, 1.165) is 32.3 Å². The molecule has 10 aromatic carbocycles. The van der Waals surface area contributed by atoms with Gasteiger partial charge in [-0.2, -0.15) is 0 Å². The summed E-state index contributed by atoms with van der Waals surface area (Å²) in [5.41, 5.74) is 4.13. The Labute approximate surface area is 332 Å². The molecule has 58 heavy (non-hydrogen) atoms. The predicted octanol–water partition coefficient (Wildman–Crippen LogP) is 15.4. The molecule has 0 heterocycles. The first kappa shape index (κ1) is 35.0. The van der Waals surface area contributed by atoms with Crippen molar-refractivity contribution in [3.63, 3.8) is 0 Å². The van der Waals surface area contributed by atoms with E-state index >= 15 is 17.6 Å². The predicted molar refractivity (Wildman–Crippen MR) is 230 cm³/mol. The summed E-state index contributed by atoms with van der Waals surface area (Å²) in [5.74, 6) is -2.85. The third kappa shape index (κ3) is 5.89. The smallest absolute Gasteiger partial charge is 0.150 e. The Kier molecular flexibility index (Phi) is 8.60. The number of hydrogen-bond donors (Lipinski definition) is 0. The van der Waals surface area contributed by atoms with Crippen molar-refractivity contribution in [2.24, 2.45) is 0 Å². The quantitative estimate of drug-likeness (QED) is 0.112. The van der Waals surface area contributed by atoms with Crippen LogP contribution in [-0.2, 0) is 0 Å². The van der Waals surface area contributed by atoms with Crippen LogP contribution in [0.1, 0.15) is 0 Å². The van der Waals surface area contributed by atoms with E-state index in [1.165, 1.54) is 24.3 Å². The number of para-hydroxylation sites is 2. The first-order valence-electron chi connectivity index (χ1n) is 18.9. The fourth-order valence-electron chi connectivity index (χ4n) is 8.24. The van der Waals surface area contributed by atoms with Crippen molar-refractivity contribution in [3.05, 3.63) is 217 Å². The van der Waals surface area contributed by atoms with Crippen molar-refractivity contribution in [2.75, 3.05) is 9.80 Å². The van der Waals surface area contributed by atoms with Crippen LogP contribution in [0.2, 0.25) is 0 Å². The summed E-state index contributed by atoms with van der Waals surface area (Å²) in [6, 6.07) is 57.7. The number of nitrogens with zero attached hydrogens (tertiary/aromatic N) is 2. The first-order valence-corrected chi connectivity index (χ1v) is 18.9. The van der Waals surface area contributed by atoms with Crippen LogP contribution in [0.4, 0.5) is 51.7 Å². The first-order chi connectivity index (χ1) is 28.4. The van der Waals surface area contributed by atoms with Gasteiger partial charge >= 0.3 is 0 Å². The minimum absolute atomic E-state index is 0.207. The van der Waals surface area contributed by atoms with E-state index in [4.69, 9.17) is 0 Å². The summed E-state index contributed by atoms with van der Waals surface area (Å²) < 4.78 is 66.1. The molecule has 0 saturated heterocycles. The molecular formula is C52H32F4N2. The second-order valence-electron chi connectivity index (χ2n) is 14.2. The SMILES string of the molecule is Fc1cc(-c2ccccc2)cc(F)c1N(c1ccccc1)c1ccc2ccc3c(N(c4ccccc4)c4c(F)cc(-c5ccccc5)cc4F)ccc4ccc1c2c43. The Hall–Kier alpha value is -7.44. The van der Waals surface area contributed by atoms with Gasteiger partial charge in [-0.3, -0.25) is 0 Å². The lowest BCUT2D eigenvalue weighted by molar-refractivity contribution is 0.586. The van der Waals surface area contributed by atoms with Crippen molar-refractivity contribution in [2.45, 2.75) is 0 Å². The molecule has 10 aromatic rings. The maximum absolute atomic E-state index is 16.5. The monoisotopic (exact) mass is 760 g/mol. The highest BCUT2D eigenvalue weighted by Crippen LogP contribution is 2.49. The van der Waals surface area contributed by atoms with Crippen LogP contribution in [0.15, 0.2) is 194 Å². The summed E-state index contributed by atoms with van der Waals surface area (Å²) in [6.07, 6.45) is 0. The van der Waals surface area contributed by atoms with E-state index in [2.05, 4.69) is 0 Å². The lowest BCUT2D eigenvalue weighted by atomic mass is 9.91. The van der Waals surface area contributed by atoms with Gasteiger partial charge in [-0.1, -0.05) is 133 Å². The molecule has 0 spiro atoms. The third-order valence-corrected chi connectivity index (χ3v) is 10.8. The Bertz CT molecular complexity index is 2840. The second kappa shape index (κ2) is 14.3. The molecule has 0 aliphatic carbocycles. The van der Waals surface area contributed by atoms with Gasteiger partial charge in [-0.25, -0.2) is 17.6 Å². The van der Waals surface area contributed by atoms with Crippen LogP contribution in [0, 0.1) is 23.3 Å². The average Bonchev–Trinajstić information content (AvgIpc) is 3.26. The number of halogens is 4. The molecule has 0 aromatic heterocycles. The highest BCUT2D eigenvalue weighted by atomic mass is 19.1. The van der Waals surface area contributed by atoms with Crippen molar-refractivity contribution < 1.29 is 17.6 Å². The fraction of sp³-hybridized carbons (Fsp3) is 0. The lowest BCUT2D eigenvalue weighted by Gasteiger charge is -2.30. The van der Waals surface area contributed by atoms with Gasteiger partial charge in [0.15, 0.2) is 23.3 Å². The minimum Gasteiger partial charge on any atom is -0.305 e. The molecule has 0 radical (unpaired) electrons. The van der Waals surface area contributed by atoms with Gasteiger partial charge in [0.2, 0.25) is 0 Å². The topological polar surface area (TPSA) is 6.48 Å². The van der Waals surface area contributed by atoms with E-state index in [-0.39, 0.29) is 11.4 Å². The molecule has 0 aliphatic heterocycles. The second-order valence-corrected chi connectivity index (χ2v) is 14.2.